The van der Waals surface area contributed by atoms with Gasteiger partial charge in [0.25, 0.3) is 5.91 Å². The smallest absolute Gasteiger partial charge is 0.274 e. The first-order chi connectivity index (χ1) is 9.28. The quantitative estimate of drug-likeness (QED) is 0.540. The molecule has 19 heavy (non-hydrogen) atoms. The normalized spacial score (nSPS) is 10.6. The first-order valence-electron chi connectivity index (χ1n) is 5.53. The van der Waals surface area contributed by atoms with Gasteiger partial charge in [-0.1, -0.05) is 0 Å². The lowest BCUT2D eigenvalue weighted by Gasteiger charge is -1.96. The van der Waals surface area contributed by atoms with Gasteiger partial charge in [-0.2, -0.15) is 0 Å². The fraction of sp³-hybridized carbons (Fsp3) is 0. The molecule has 3 aromatic rings. The van der Waals surface area contributed by atoms with Crippen molar-refractivity contribution < 1.29 is 14.4 Å². The number of aromatic nitrogens is 2. The van der Waals surface area contributed by atoms with Crippen LogP contribution in [0.5, 0.6) is 0 Å². The molecule has 94 valence electrons. The van der Waals surface area contributed by atoms with E-state index in [0.717, 1.165) is 5.56 Å². The molecule has 0 radical (unpaired) electrons. The summed E-state index contributed by atoms with van der Waals surface area (Å²) >= 11 is 0. The Hall–Kier alpha value is -2.73. The molecule has 0 aliphatic heterocycles. The molecule has 6 heteroatoms. The summed E-state index contributed by atoms with van der Waals surface area (Å²) < 4.78 is 5.58. The fourth-order valence-corrected chi connectivity index (χ4v) is 1.75. The van der Waals surface area contributed by atoms with Gasteiger partial charge < -0.3 is 4.42 Å². The zero-order chi connectivity index (χ0) is 13.2. The summed E-state index contributed by atoms with van der Waals surface area (Å²) in [5.74, 6) is -0.155. The number of nitrogens with one attached hydrogen (secondary N) is 1. The van der Waals surface area contributed by atoms with E-state index in [2.05, 4.69) is 9.97 Å². The van der Waals surface area contributed by atoms with Crippen molar-refractivity contribution in [2.24, 2.45) is 0 Å². The zero-order valence-electron chi connectivity index (χ0n) is 9.70. The maximum Gasteiger partial charge on any atom is 0.274 e. The maximum atomic E-state index is 11.3. The molecule has 2 N–H and O–H groups in total. The maximum absolute atomic E-state index is 11.3. The number of carbonyl (C=O) groups excluding carboxylic acids is 1. The molecule has 1 amide bonds. The van der Waals surface area contributed by atoms with Crippen molar-refractivity contribution in [1.29, 1.82) is 0 Å². The van der Waals surface area contributed by atoms with Gasteiger partial charge in [-0.25, -0.2) is 10.5 Å². The Bertz CT molecular complexity index is 737. The highest BCUT2D eigenvalue weighted by atomic mass is 16.5. The van der Waals surface area contributed by atoms with E-state index < -0.39 is 5.91 Å². The molecule has 0 aliphatic rings. The molecule has 2 heterocycles. The second-order valence-electron chi connectivity index (χ2n) is 3.88. The first kappa shape index (κ1) is 11.4. The number of nitrogens with zero attached hydrogens (tertiary/aromatic N) is 2. The SMILES string of the molecule is O=C(NO)c1ccc2oc(-c3cccnc3)nc2c1. The Morgan fingerprint density at radius 2 is 2.21 bits per heavy atom. The van der Waals surface area contributed by atoms with Crippen LogP contribution in [-0.2, 0) is 0 Å². The van der Waals surface area contributed by atoms with Crippen LogP contribution in [0.15, 0.2) is 47.1 Å². The molecule has 0 saturated carbocycles. The monoisotopic (exact) mass is 255 g/mol. The second-order valence-corrected chi connectivity index (χ2v) is 3.88. The highest BCUT2D eigenvalue weighted by Crippen LogP contribution is 2.24. The molecule has 0 atom stereocenters. The van der Waals surface area contributed by atoms with E-state index in [0.29, 0.717) is 22.6 Å². The Morgan fingerprint density at radius 3 is 2.95 bits per heavy atom. The lowest BCUT2D eigenvalue weighted by atomic mass is 10.2. The molecule has 0 aliphatic carbocycles. The lowest BCUT2D eigenvalue weighted by molar-refractivity contribution is 0.0706. The minimum absolute atomic E-state index is 0.307. The topological polar surface area (TPSA) is 88.2 Å². The van der Waals surface area contributed by atoms with Gasteiger partial charge in [0, 0.05) is 18.0 Å². The van der Waals surface area contributed by atoms with Crippen LogP contribution in [0.4, 0.5) is 0 Å². The average Bonchev–Trinajstić information content (AvgIpc) is 2.90. The van der Waals surface area contributed by atoms with Crippen molar-refractivity contribution in [2.75, 3.05) is 0 Å². The molecule has 2 aromatic heterocycles. The van der Waals surface area contributed by atoms with Gasteiger partial charge in [-0.3, -0.25) is 15.0 Å². The molecule has 3 rings (SSSR count). The van der Waals surface area contributed by atoms with E-state index in [9.17, 15) is 4.79 Å². The van der Waals surface area contributed by atoms with Gasteiger partial charge in [0.2, 0.25) is 5.89 Å². The van der Waals surface area contributed by atoms with Crippen LogP contribution in [0.3, 0.4) is 0 Å². The minimum atomic E-state index is -0.590. The third-order valence-electron chi connectivity index (χ3n) is 2.66. The second kappa shape index (κ2) is 4.51. The number of carbonyl (C=O) groups is 1. The molecule has 0 bridgehead atoms. The highest BCUT2D eigenvalue weighted by molar-refractivity contribution is 5.96. The van der Waals surface area contributed by atoms with Gasteiger partial charge in [-0.15, -0.1) is 0 Å². The summed E-state index contributed by atoms with van der Waals surface area (Å²) in [7, 11) is 0. The van der Waals surface area contributed by atoms with Gasteiger partial charge in [0.05, 0.1) is 5.56 Å². The summed E-state index contributed by atoms with van der Waals surface area (Å²) in [6.45, 7) is 0. The summed E-state index contributed by atoms with van der Waals surface area (Å²) in [6.07, 6.45) is 3.31. The molecular formula is C13H9N3O3. The predicted molar refractivity (Wildman–Crippen MR) is 66.5 cm³/mol. The highest BCUT2D eigenvalue weighted by Gasteiger charge is 2.11. The van der Waals surface area contributed by atoms with Crippen LogP contribution in [0, 0.1) is 0 Å². The first-order valence-corrected chi connectivity index (χ1v) is 5.53. The van der Waals surface area contributed by atoms with Crippen molar-refractivity contribution in [3.05, 3.63) is 48.3 Å². The van der Waals surface area contributed by atoms with E-state index in [4.69, 9.17) is 9.62 Å². The predicted octanol–water partition coefficient (Wildman–Crippen LogP) is 2.01. The number of amides is 1. The lowest BCUT2D eigenvalue weighted by Crippen LogP contribution is -2.18. The number of oxazole rings is 1. The average molecular weight is 255 g/mol. The summed E-state index contributed by atoms with van der Waals surface area (Å²) in [4.78, 5) is 19.6. The Balaban J connectivity index is 2.09. The van der Waals surface area contributed by atoms with E-state index in [1.165, 1.54) is 0 Å². The standard InChI is InChI=1S/C13H9N3O3/c17-12(16-18)8-3-4-11-10(6-8)15-13(19-11)9-2-1-5-14-7-9/h1-7,18H,(H,16,17). The van der Waals surface area contributed by atoms with Crippen LogP contribution in [0.2, 0.25) is 0 Å². The van der Waals surface area contributed by atoms with Gasteiger partial charge in [-0.05, 0) is 30.3 Å². The van der Waals surface area contributed by atoms with E-state index >= 15 is 0 Å². The molecule has 0 spiro atoms. The third kappa shape index (κ3) is 2.04. The van der Waals surface area contributed by atoms with Crippen molar-refractivity contribution in [2.45, 2.75) is 0 Å². The molecule has 6 nitrogen and oxygen atoms in total. The van der Waals surface area contributed by atoms with Crippen LogP contribution in [0.25, 0.3) is 22.6 Å². The van der Waals surface area contributed by atoms with Crippen LogP contribution in [-0.4, -0.2) is 21.1 Å². The van der Waals surface area contributed by atoms with E-state index in [1.807, 2.05) is 6.07 Å². The molecule has 1 aromatic carbocycles. The fourth-order valence-electron chi connectivity index (χ4n) is 1.75. The molecule has 0 fully saturated rings. The number of hydrogen-bond acceptors (Lipinski definition) is 5. The Kier molecular flexibility index (Phi) is 2.70. The number of pyridine rings is 1. The summed E-state index contributed by atoms with van der Waals surface area (Å²) in [5, 5.41) is 8.59. The summed E-state index contributed by atoms with van der Waals surface area (Å²) in [6, 6.07) is 8.34. The van der Waals surface area contributed by atoms with Gasteiger partial charge >= 0.3 is 0 Å². The van der Waals surface area contributed by atoms with E-state index in [1.54, 1.807) is 42.1 Å². The van der Waals surface area contributed by atoms with E-state index in [-0.39, 0.29) is 0 Å². The third-order valence-corrected chi connectivity index (χ3v) is 2.66. The van der Waals surface area contributed by atoms with Crippen molar-refractivity contribution in [3.63, 3.8) is 0 Å². The number of fused-ring (bicyclic) bond motifs is 1. The molecule has 0 saturated heterocycles. The summed E-state index contributed by atoms with van der Waals surface area (Å²) in [5.41, 5.74) is 3.74. The van der Waals surface area contributed by atoms with Crippen molar-refractivity contribution >= 4 is 17.0 Å². The Labute approximate surface area is 107 Å². The number of hydrogen-bond donors (Lipinski definition) is 2. The van der Waals surface area contributed by atoms with Crippen molar-refractivity contribution in [1.82, 2.24) is 15.4 Å². The van der Waals surface area contributed by atoms with Crippen LogP contribution >= 0.6 is 0 Å². The minimum Gasteiger partial charge on any atom is -0.436 e. The van der Waals surface area contributed by atoms with Gasteiger partial charge in [0.15, 0.2) is 5.58 Å². The molecule has 0 unspecified atom stereocenters. The van der Waals surface area contributed by atoms with Crippen LogP contribution in [0.1, 0.15) is 10.4 Å². The zero-order valence-corrected chi connectivity index (χ0v) is 9.70. The Morgan fingerprint density at radius 1 is 1.32 bits per heavy atom. The van der Waals surface area contributed by atoms with Crippen LogP contribution < -0.4 is 5.48 Å². The number of rotatable bonds is 2. The van der Waals surface area contributed by atoms with Crippen molar-refractivity contribution in [3.8, 4) is 11.5 Å². The number of benzene rings is 1. The molecular weight excluding hydrogens is 246 g/mol. The van der Waals surface area contributed by atoms with Gasteiger partial charge in [0.1, 0.15) is 5.52 Å². The largest absolute Gasteiger partial charge is 0.436 e. The number of hydroxylamine groups is 1.